The molecule has 1 N–H and O–H groups in total. The lowest BCUT2D eigenvalue weighted by Crippen LogP contribution is -2.41. The van der Waals surface area contributed by atoms with Crippen LogP contribution in [0, 0.1) is 13.8 Å². The molecule has 0 aromatic carbocycles. The Balaban J connectivity index is 1.68. The van der Waals surface area contributed by atoms with Crippen molar-refractivity contribution in [1.82, 2.24) is 34.9 Å². The Morgan fingerprint density at radius 1 is 1.37 bits per heavy atom. The molecule has 146 valence electrons. The molecule has 0 saturated carbocycles. The summed E-state index contributed by atoms with van der Waals surface area (Å²) in [4.78, 5) is 29.0. The molecule has 27 heavy (non-hydrogen) atoms. The van der Waals surface area contributed by atoms with Crippen LogP contribution in [-0.2, 0) is 6.54 Å². The number of carbonyl (C=O) groups excluding carboxylic acids is 1. The highest BCUT2D eigenvalue weighted by Gasteiger charge is 2.27. The zero-order valence-electron chi connectivity index (χ0n) is 16.7. The average molecular weight is 372 g/mol. The van der Waals surface area contributed by atoms with Gasteiger partial charge in [0.2, 0.25) is 5.82 Å². The van der Waals surface area contributed by atoms with Gasteiger partial charge in [0.25, 0.3) is 5.91 Å². The van der Waals surface area contributed by atoms with E-state index in [9.17, 15) is 4.79 Å². The number of amides is 1. The van der Waals surface area contributed by atoms with Gasteiger partial charge in [0, 0.05) is 50.5 Å². The van der Waals surface area contributed by atoms with Gasteiger partial charge in [0.05, 0.1) is 6.54 Å². The van der Waals surface area contributed by atoms with Crippen molar-refractivity contribution < 1.29 is 4.79 Å². The van der Waals surface area contributed by atoms with E-state index in [0.29, 0.717) is 6.04 Å². The van der Waals surface area contributed by atoms with Gasteiger partial charge in [-0.25, -0.2) is 15.0 Å². The lowest BCUT2D eigenvalue weighted by molar-refractivity contribution is 0.0815. The van der Waals surface area contributed by atoms with Gasteiger partial charge in [0.1, 0.15) is 18.5 Å². The fraction of sp³-hybridized carbons (Fsp3) is 0.611. The van der Waals surface area contributed by atoms with Gasteiger partial charge < -0.3 is 15.1 Å². The topological polar surface area (TPSA) is 92.1 Å². The Hall–Kier alpha value is -2.55. The number of nitrogens with zero attached hydrogens (tertiary/aromatic N) is 7. The first-order valence-corrected chi connectivity index (χ1v) is 9.25. The number of aromatic nitrogens is 5. The lowest BCUT2D eigenvalue weighted by Gasteiger charge is -2.23. The molecule has 9 nitrogen and oxygen atoms in total. The third-order valence-electron chi connectivity index (χ3n) is 4.90. The van der Waals surface area contributed by atoms with Crippen molar-refractivity contribution >= 4 is 11.7 Å². The van der Waals surface area contributed by atoms with Crippen molar-refractivity contribution in [1.29, 1.82) is 0 Å². The fourth-order valence-corrected chi connectivity index (χ4v) is 3.37. The van der Waals surface area contributed by atoms with E-state index < -0.39 is 0 Å². The van der Waals surface area contributed by atoms with E-state index >= 15 is 0 Å². The van der Waals surface area contributed by atoms with Gasteiger partial charge >= 0.3 is 0 Å². The summed E-state index contributed by atoms with van der Waals surface area (Å²) in [6, 6.07) is 0.655. The number of hydrogen-bond donors (Lipinski definition) is 1. The van der Waals surface area contributed by atoms with E-state index in [1.807, 2.05) is 18.5 Å². The highest BCUT2D eigenvalue weighted by molar-refractivity contribution is 5.90. The maximum Gasteiger partial charge on any atom is 0.291 e. The van der Waals surface area contributed by atoms with Crippen LogP contribution >= 0.6 is 0 Å². The Labute approximate surface area is 159 Å². The number of anilines is 1. The van der Waals surface area contributed by atoms with Gasteiger partial charge in [-0.05, 0) is 27.2 Å². The third-order valence-corrected chi connectivity index (χ3v) is 4.90. The van der Waals surface area contributed by atoms with Crippen LogP contribution in [0.15, 0.2) is 12.7 Å². The number of hydrogen-bond acceptors (Lipinski definition) is 7. The number of aryl methyl sites for hydroxylation is 1. The van der Waals surface area contributed by atoms with Gasteiger partial charge in [-0.1, -0.05) is 0 Å². The van der Waals surface area contributed by atoms with Gasteiger partial charge in [-0.15, -0.1) is 0 Å². The normalized spacial score (nSPS) is 18.0. The van der Waals surface area contributed by atoms with Crippen molar-refractivity contribution in [2.75, 3.05) is 32.1 Å². The minimum absolute atomic E-state index is 0.172. The lowest BCUT2D eigenvalue weighted by atomic mass is 10.2. The predicted molar refractivity (Wildman–Crippen MR) is 103 cm³/mol. The monoisotopic (exact) mass is 372 g/mol. The van der Waals surface area contributed by atoms with Crippen molar-refractivity contribution in [3.8, 4) is 0 Å². The van der Waals surface area contributed by atoms with E-state index in [1.165, 1.54) is 4.90 Å². The second-order valence-corrected chi connectivity index (χ2v) is 7.40. The summed E-state index contributed by atoms with van der Waals surface area (Å²) in [7, 11) is 3.43. The largest absolute Gasteiger partial charge is 0.355 e. The van der Waals surface area contributed by atoms with Crippen LogP contribution in [-0.4, -0.2) is 74.8 Å². The summed E-state index contributed by atoms with van der Waals surface area (Å²) in [6.45, 7) is 8.64. The van der Waals surface area contributed by atoms with Crippen LogP contribution in [0.25, 0.3) is 0 Å². The molecule has 0 spiro atoms. The Morgan fingerprint density at radius 3 is 2.81 bits per heavy atom. The molecule has 1 aliphatic heterocycles. The van der Waals surface area contributed by atoms with Gasteiger partial charge in [-0.2, -0.15) is 5.10 Å². The average Bonchev–Trinajstić information content (AvgIpc) is 3.28. The van der Waals surface area contributed by atoms with Crippen LogP contribution in [0.3, 0.4) is 0 Å². The molecular weight excluding hydrogens is 344 g/mol. The van der Waals surface area contributed by atoms with Gasteiger partial charge in [-0.3, -0.25) is 9.48 Å². The Morgan fingerprint density at radius 2 is 2.15 bits per heavy atom. The summed E-state index contributed by atoms with van der Waals surface area (Å²) in [5, 5.41) is 7.81. The van der Waals surface area contributed by atoms with Gasteiger partial charge in [0.15, 0.2) is 0 Å². The fourth-order valence-electron chi connectivity index (χ4n) is 3.37. The van der Waals surface area contributed by atoms with Crippen LogP contribution in [0.1, 0.15) is 35.2 Å². The predicted octanol–water partition coefficient (Wildman–Crippen LogP) is 0.644. The summed E-state index contributed by atoms with van der Waals surface area (Å²) < 4.78 is 1.83. The third kappa shape index (κ3) is 4.41. The second-order valence-electron chi connectivity index (χ2n) is 7.40. The highest BCUT2D eigenvalue weighted by atomic mass is 16.2. The van der Waals surface area contributed by atoms with Crippen LogP contribution < -0.4 is 10.2 Å². The van der Waals surface area contributed by atoms with Crippen molar-refractivity contribution in [3.63, 3.8) is 0 Å². The van der Waals surface area contributed by atoms with Crippen molar-refractivity contribution in [2.45, 2.75) is 45.8 Å². The molecule has 2 aromatic heterocycles. The first-order valence-electron chi connectivity index (χ1n) is 9.25. The maximum absolute atomic E-state index is 12.3. The molecule has 1 amide bonds. The number of rotatable bonds is 6. The molecule has 0 radical (unpaired) electrons. The van der Waals surface area contributed by atoms with E-state index in [-0.39, 0.29) is 17.8 Å². The van der Waals surface area contributed by atoms with Crippen LogP contribution in [0.2, 0.25) is 0 Å². The molecule has 2 atom stereocenters. The quantitative estimate of drug-likeness (QED) is 0.796. The van der Waals surface area contributed by atoms with Crippen LogP contribution in [0.4, 0.5) is 5.82 Å². The number of nitrogens with one attached hydrogen (secondary N) is 1. The first kappa shape index (κ1) is 19.2. The van der Waals surface area contributed by atoms with Crippen LogP contribution in [0.5, 0.6) is 0 Å². The molecule has 3 heterocycles. The van der Waals surface area contributed by atoms with E-state index in [2.05, 4.69) is 37.2 Å². The molecule has 2 aromatic rings. The summed E-state index contributed by atoms with van der Waals surface area (Å²) in [6.07, 6.45) is 4.31. The molecule has 1 saturated heterocycles. The maximum atomic E-state index is 12.3. The van der Waals surface area contributed by atoms with E-state index in [0.717, 1.165) is 43.1 Å². The molecule has 9 heteroatoms. The summed E-state index contributed by atoms with van der Waals surface area (Å²) in [5.74, 6) is 0.949. The SMILES string of the molecule is Cc1nc(C(=O)N(C)C)nc(N2CC[C@@H](NC(C)Cn3cncn3)C2)c1C. The zero-order chi connectivity index (χ0) is 19.6. The molecule has 0 bridgehead atoms. The van der Waals surface area contributed by atoms with E-state index in [4.69, 9.17) is 0 Å². The standard InChI is InChI=1S/C18H28N8O/c1-12(8-26-11-19-10-20-26)21-15-6-7-25(9-15)17-13(2)14(3)22-16(23-17)18(27)24(4)5/h10-12,15,21H,6-9H2,1-5H3/t12?,15-/m1/s1. The Kier molecular flexibility index (Phi) is 5.69. The molecular formula is C18H28N8O. The minimum atomic E-state index is -0.172. The Bertz CT molecular complexity index is 789. The second kappa shape index (κ2) is 7.99. The smallest absolute Gasteiger partial charge is 0.291 e. The molecule has 1 aliphatic rings. The highest BCUT2D eigenvalue weighted by Crippen LogP contribution is 2.24. The van der Waals surface area contributed by atoms with Crippen molar-refractivity contribution in [3.05, 3.63) is 29.7 Å². The minimum Gasteiger partial charge on any atom is -0.355 e. The molecule has 1 fully saturated rings. The summed E-state index contributed by atoms with van der Waals surface area (Å²) in [5.41, 5.74) is 1.88. The van der Waals surface area contributed by atoms with Crippen molar-refractivity contribution in [2.24, 2.45) is 0 Å². The van der Waals surface area contributed by atoms with E-state index in [1.54, 1.807) is 26.7 Å². The molecule has 0 aliphatic carbocycles. The molecule has 1 unspecified atom stereocenters. The molecule has 3 rings (SSSR count). The first-order chi connectivity index (χ1) is 12.8. The number of carbonyl (C=O) groups is 1. The summed E-state index contributed by atoms with van der Waals surface area (Å²) >= 11 is 0. The zero-order valence-corrected chi connectivity index (χ0v) is 16.7.